The van der Waals surface area contributed by atoms with Gasteiger partial charge in [-0.2, -0.15) is 5.10 Å². The van der Waals surface area contributed by atoms with Gasteiger partial charge in [-0.05, 0) is 29.8 Å². The van der Waals surface area contributed by atoms with Crippen LogP contribution >= 0.6 is 23.1 Å². The number of aromatic amines is 1. The van der Waals surface area contributed by atoms with Crippen molar-refractivity contribution in [2.45, 2.75) is 17.3 Å². The number of nitrogens with zero attached hydrogens (tertiary/aromatic N) is 3. The number of H-pyrrole nitrogens is 1. The quantitative estimate of drug-likeness (QED) is 0.407. The predicted octanol–water partition coefficient (Wildman–Crippen LogP) is 4.86. The first-order chi connectivity index (χ1) is 14.4. The van der Waals surface area contributed by atoms with Crippen molar-refractivity contribution in [3.05, 3.63) is 59.9 Å². The number of hydrogen-bond donors (Lipinski definition) is 2. The number of anilines is 1. The van der Waals surface area contributed by atoms with E-state index in [1.54, 1.807) is 12.1 Å². The fourth-order valence-electron chi connectivity index (χ4n) is 2.49. The maximum absolute atomic E-state index is 12.5. The summed E-state index contributed by atoms with van der Waals surface area (Å²) in [5.41, 5.74) is 1.90. The van der Waals surface area contributed by atoms with E-state index in [9.17, 15) is 18.0 Å². The second-order valence-corrected chi connectivity index (χ2v) is 7.92. The lowest BCUT2D eigenvalue weighted by molar-refractivity contribution is -0.274. The molecule has 0 atom stereocenters. The van der Waals surface area contributed by atoms with Gasteiger partial charge in [0.15, 0.2) is 10.3 Å². The summed E-state index contributed by atoms with van der Waals surface area (Å²) in [6.07, 6.45) is -3.34. The number of thiazole rings is 1. The zero-order valence-corrected chi connectivity index (χ0v) is 16.6. The van der Waals surface area contributed by atoms with Gasteiger partial charge in [0.05, 0.1) is 10.2 Å². The molecule has 0 aliphatic heterocycles. The summed E-state index contributed by atoms with van der Waals surface area (Å²) in [6, 6.07) is 10.9. The molecule has 2 heterocycles. The van der Waals surface area contributed by atoms with Gasteiger partial charge in [0.2, 0.25) is 0 Å². The minimum absolute atomic E-state index is 0.282. The fourth-order valence-corrected chi connectivity index (χ4v) is 4.12. The smallest absolute Gasteiger partial charge is 0.406 e. The van der Waals surface area contributed by atoms with Gasteiger partial charge in [-0.15, -0.1) is 13.2 Å². The number of aromatic nitrogens is 4. The maximum atomic E-state index is 12.5. The number of amides is 1. The van der Waals surface area contributed by atoms with E-state index in [4.69, 9.17) is 0 Å². The van der Waals surface area contributed by atoms with E-state index < -0.39 is 6.36 Å². The Balaban J connectivity index is 1.41. The molecule has 0 unspecified atom stereocenters. The Morgan fingerprint density at radius 1 is 1.20 bits per heavy atom. The fraction of sp³-hybridized carbons (Fsp3) is 0.111. The van der Waals surface area contributed by atoms with Crippen LogP contribution in [0.25, 0.3) is 10.2 Å². The first-order valence-electron chi connectivity index (χ1n) is 8.40. The first kappa shape index (κ1) is 20.2. The molecule has 0 saturated carbocycles. The molecule has 7 nitrogen and oxygen atoms in total. The average Bonchev–Trinajstić information content (AvgIpc) is 3.34. The molecule has 0 radical (unpaired) electrons. The monoisotopic (exact) mass is 451 g/mol. The van der Waals surface area contributed by atoms with Gasteiger partial charge in [-0.25, -0.2) is 9.97 Å². The maximum Gasteiger partial charge on any atom is 0.573 e. The molecule has 2 aromatic carbocycles. The van der Waals surface area contributed by atoms with Crippen molar-refractivity contribution in [3.63, 3.8) is 0 Å². The highest BCUT2D eigenvalue weighted by Crippen LogP contribution is 2.31. The molecule has 154 valence electrons. The van der Waals surface area contributed by atoms with Crippen molar-refractivity contribution in [2.24, 2.45) is 0 Å². The van der Waals surface area contributed by atoms with E-state index in [1.165, 1.54) is 36.3 Å². The van der Waals surface area contributed by atoms with Crippen molar-refractivity contribution in [1.82, 2.24) is 20.2 Å². The minimum atomic E-state index is -4.77. The van der Waals surface area contributed by atoms with Crippen molar-refractivity contribution in [1.29, 1.82) is 0 Å². The number of carbonyl (C=O) groups is 1. The molecule has 1 amide bonds. The topological polar surface area (TPSA) is 92.8 Å². The number of halogens is 3. The Kier molecular flexibility index (Phi) is 5.59. The molecule has 2 aromatic heterocycles. The van der Waals surface area contributed by atoms with Crippen LogP contribution in [-0.4, -0.2) is 32.4 Å². The molecular formula is C18H12F3N5O2S2. The Morgan fingerprint density at radius 3 is 2.70 bits per heavy atom. The van der Waals surface area contributed by atoms with E-state index in [1.807, 2.05) is 12.1 Å². The SMILES string of the molecule is O=C(Nc1nc2ccc(OC(F)(F)F)cc2s1)c1ccc(CSc2ncn[nH]2)cc1. The molecule has 2 N–H and O–H groups in total. The lowest BCUT2D eigenvalue weighted by Crippen LogP contribution is -2.16. The van der Waals surface area contributed by atoms with Crippen LogP contribution in [0.3, 0.4) is 0 Å². The van der Waals surface area contributed by atoms with Crippen LogP contribution in [0, 0.1) is 0 Å². The van der Waals surface area contributed by atoms with Crippen molar-refractivity contribution in [2.75, 3.05) is 5.32 Å². The Bertz CT molecular complexity index is 1160. The Morgan fingerprint density at radius 2 is 2.00 bits per heavy atom. The van der Waals surface area contributed by atoms with Crippen LogP contribution in [0.5, 0.6) is 5.75 Å². The number of nitrogens with one attached hydrogen (secondary N) is 2. The number of carbonyl (C=O) groups excluding carboxylic acids is 1. The van der Waals surface area contributed by atoms with Gasteiger partial charge < -0.3 is 4.74 Å². The standard InChI is InChI=1S/C18H12F3N5O2S2/c19-18(20,21)28-12-5-6-13-14(7-12)30-17(24-13)25-15(27)11-3-1-10(2-4-11)8-29-16-22-9-23-26-16/h1-7,9H,8H2,(H,22,23,26)(H,24,25,27). The van der Waals surface area contributed by atoms with Crippen LogP contribution in [0.2, 0.25) is 0 Å². The normalized spacial score (nSPS) is 11.6. The second-order valence-electron chi connectivity index (χ2n) is 5.93. The molecule has 30 heavy (non-hydrogen) atoms. The predicted molar refractivity (Wildman–Crippen MR) is 107 cm³/mol. The van der Waals surface area contributed by atoms with Crippen LogP contribution in [-0.2, 0) is 5.75 Å². The van der Waals surface area contributed by atoms with Crippen LogP contribution in [0.1, 0.15) is 15.9 Å². The molecule has 0 fully saturated rings. The molecule has 4 rings (SSSR count). The van der Waals surface area contributed by atoms with Gasteiger partial charge in [0, 0.05) is 17.4 Å². The third kappa shape index (κ3) is 5.07. The lowest BCUT2D eigenvalue weighted by Gasteiger charge is -2.07. The third-order valence-electron chi connectivity index (χ3n) is 3.80. The highest BCUT2D eigenvalue weighted by Gasteiger charge is 2.31. The zero-order valence-electron chi connectivity index (χ0n) is 14.9. The third-order valence-corrected chi connectivity index (χ3v) is 5.68. The van der Waals surface area contributed by atoms with E-state index >= 15 is 0 Å². The van der Waals surface area contributed by atoms with Crippen molar-refractivity contribution in [3.8, 4) is 5.75 Å². The Labute approximate surface area is 175 Å². The van der Waals surface area contributed by atoms with E-state index in [0.717, 1.165) is 16.9 Å². The zero-order chi connectivity index (χ0) is 21.1. The largest absolute Gasteiger partial charge is 0.573 e. The summed E-state index contributed by atoms with van der Waals surface area (Å²) in [4.78, 5) is 20.7. The summed E-state index contributed by atoms with van der Waals surface area (Å²) < 4.78 is 41.4. The van der Waals surface area contributed by atoms with Gasteiger partial charge >= 0.3 is 6.36 Å². The molecule has 0 spiro atoms. The highest BCUT2D eigenvalue weighted by atomic mass is 32.2. The summed E-state index contributed by atoms with van der Waals surface area (Å²) in [5, 5.41) is 10.2. The van der Waals surface area contributed by atoms with Crippen LogP contribution in [0.4, 0.5) is 18.3 Å². The highest BCUT2D eigenvalue weighted by molar-refractivity contribution is 7.98. The van der Waals surface area contributed by atoms with Crippen molar-refractivity contribution < 1.29 is 22.7 Å². The molecule has 0 aliphatic rings. The molecule has 4 aromatic rings. The summed E-state index contributed by atoms with van der Waals surface area (Å²) in [5.74, 6) is -0.0392. The molecule has 0 aliphatic carbocycles. The first-order valence-corrected chi connectivity index (χ1v) is 10.2. The lowest BCUT2D eigenvalue weighted by atomic mass is 10.1. The minimum Gasteiger partial charge on any atom is -0.406 e. The van der Waals surface area contributed by atoms with E-state index in [0.29, 0.717) is 26.7 Å². The van der Waals surface area contributed by atoms with Crippen molar-refractivity contribution >= 4 is 44.4 Å². The van der Waals surface area contributed by atoms with Gasteiger partial charge in [0.1, 0.15) is 12.1 Å². The summed E-state index contributed by atoms with van der Waals surface area (Å²) in [6.45, 7) is 0. The van der Waals surface area contributed by atoms with Gasteiger partial charge in [0.25, 0.3) is 5.91 Å². The molecule has 12 heteroatoms. The molecule has 0 saturated heterocycles. The second kappa shape index (κ2) is 8.32. The summed E-state index contributed by atoms with van der Waals surface area (Å²) >= 11 is 2.55. The number of ether oxygens (including phenoxy) is 1. The van der Waals surface area contributed by atoms with Gasteiger partial charge in [-0.3, -0.25) is 15.2 Å². The van der Waals surface area contributed by atoms with E-state index in [-0.39, 0.29) is 16.8 Å². The number of alkyl halides is 3. The number of thioether (sulfide) groups is 1. The van der Waals surface area contributed by atoms with E-state index in [2.05, 4.69) is 30.2 Å². The number of rotatable bonds is 6. The van der Waals surface area contributed by atoms with Gasteiger partial charge in [-0.1, -0.05) is 35.2 Å². The number of hydrogen-bond acceptors (Lipinski definition) is 7. The molecular weight excluding hydrogens is 439 g/mol. The summed E-state index contributed by atoms with van der Waals surface area (Å²) in [7, 11) is 0. The van der Waals surface area contributed by atoms with Crippen LogP contribution in [0.15, 0.2) is 53.9 Å². The van der Waals surface area contributed by atoms with Crippen LogP contribution < -0.4 is 10.1 Å². The molecule has 0 bridgehead atoms. The number of benzene rings is 2. The average molecular weight is 451 g/mol. The Hall–Kier alpha value is -3.12. The number of fused-ring (bicyclic) bond motifs is 1.